The number of nitrogens with zero attached hydrogens (tertiary/aromatic N) is 1. The fraction of sp³-hybridized carbons (Fsp3) is 0.316. The number of aliphatic carboxylic acids is 1. The van der Waals surface area contributed by atoms with Crippen LogP contribution in [-0.2, 0) is 20.2 Å². The Labute approximate surface area is 153 Å². The SMILES string of the molecule is CC(C)(C)c1ccc2c(c1)N(S(=O)(=O)c1ccccc1)CC(C(=O)O)O2. The lowest BCUT2D eigenvalue weighted by atomic mass is 9.86. The van der Waals surface area contributed by atoms with E-state index in [9.17, 15) is 18.3 Å². The number of benzene rings is 2. The number of sulfonamides is 1. The van der Waals surface area contributed by atoms with Gasteiger partial charge in [-0.25, -0.2) is 13.2 Å². The highest BCUT2D eigenvalue weighted by Gasteiger charge is 2.38. The Morgan fingerprint density at radius 3 is 2.38 bits per heavy atom. The summed E-state index contributed by atoms with van der Waals surface area (Å²) in [7, 11) is -3.91. The fourth-order valence-corrected chi connectivity index (χ4v) is 4.28. The largest absolute Gasteiger partial charge is 0.478 e. The standard InChI is InChI=1S/C19H21NO5S/c1-19(2,3)13-9-10-16-15(11-13)20(12-17(25-16)18(21)22)26(23,24)14-7-5-4-6-8-14/h4-11,17H,12H2,1-3H3,(H,21,22). The van der Waals surface area contributed by atoms with E-state index in [-0.39, 0.29) is 22.6 Å². The molecule has 0 saturated heterocycles. The molecular weight excluding hydrogens is 354 g/mol. The summed E-state index contributed by atoms with van der Waals surface area (Å²) in [4.78, 5) is 11.6. The van der Waals surface area contributed by atoms with E-state index in [1.165, 1.54) is 12.1 Å². The van der Waals surface area contributed by atoms with Crippen molar-refractivity contribution in [3.8, 4) is 5.75 Å². The van der Waals surface area contributed by atoms with Gasteiger partial charge in [-0.2, -0.15) is 0 Å². The molecule has 1 atom stereocenters. The summed E-state index contributed by atoms with van der Waals surface area (Å²) in [5.41, 5.74) is 1.10. The number of carboxylic acids is 1. The quantitative estimate of drug-likeness (QED) is 0.891. The smallest absolute Gasteiger partial charge is 0.346 e. The van der Waals surface area contributed by atoms with Crippen LogP contribution in [0, 0.1) is 0 Å². The molecule has 0 aromatic heterocycles. The van der Waals surface area contributed by atoms with Gasteiger partial charge in [0.15, 0.2) is 0 Å². The maximum Gasteiger partial charge on any atom is 0.346 e. The van der Waals surface area contributed by atoms with Gasteiger partial charge in [0.1, 0.15) is 5.75 Å². The fourth-order valence-electron chi connectivity index (χ4n) is 2.79. The first-order valence-corrected chi connectivity index (χ1v) is 9.66. The van der Waals surface area contributed by atoms with Crippen molar-refractivity contribution in [2.45, 2.75) is 37.2 Å². The molecular formula is C19H21NO5S. The van der Waals surface area contributed by atoms with Crippen LogP contribution >= 0.6 is 0 Å². The van der Waals surface area contributed by atoms with Crippen LogP contribution in [0.25, 0.3) is 0 Å². The van der Waals surface area contributed by atoms with Crippen molar-refractivity contribution < 1.29 is 23.1 Å². The molecule has 1 aliphatic heterocycles. The van der Waals surface area contributed by atoms with E-state index in [0.29, 0.717) is 5.69 Å². The van der Waals surface area contributed by atoms with E-state index >= 15 is 0 Å². The Bertz CT molecular complexity index is 932. The molecule has 3 rings (SSSR count). The number of ether oxygens (including phenoxy) is 1. The molecule has 0 bridgehead atoms. The Morgan fingerprint density at radius 1 is 1.15 bits per heavy atom. The summed E-state index contributed by atoms with van der Waals surface area (Å²) in [6, 6.07) is 13.2. The molecule has 26 heavy (non-hydrogen) atoms. The van der Waals surface area contributed by atoms with Crippen LogP contribution in [0.3, 0.4) is 0 Å². The Balaban J connectivity index is 2.17. The van der Waals surface area contributed by atoms with Crippen molar-refractivity contribution in [3.05, 3.63) is 54.1 Å². The van der Waals surface area contributed by atoms with Gasteiger partial charge in [0.05, 0.1) is 17.1 Å². The Hall–Kier alpha value is -2.54. The van der Waals surface area contributed by atoms with E-state index in [1.54, 1.807) is 30.3 Å². The second kappa shape index (κ2) is 6.32. The van der Waals surface area contributed by atoms with Gasteiger partial charge in [0.2, 0.25) is 6.10 Å². The molecule has 0 fully saturated rings. The number of fused-ring (bicyclic) bond motifs is 1. The predicted octanol–water partition coefficient (Wildman–Crippen LogP) is 3.03. The van der Waals surface area contributed by atoms with Gasteiger partial charge in [-0.05, 0) is 35.2 Å². The van der Waals surface area contributed by atoms with Gasteiger partial charge in [0.25, 0.3) is 10.0 Å². The Morgan fingerprint density at radius 2 is 1.81 bits per heavy atom. The van der Waals surface area contributed by atoms with E-state index in [0.717, 1.165) is 9.87 Å². The normalized spacial score (nSPS) is 17.3. The summed E-state index contributed by atoms with van der Waals surface area (Å²) in [6.07, 6.45) is -1.26. The van der Waals surface area contributed by atoms with E-state index in [2.05, 4.69) is 0 Å². The summed E-state index contributed by atoms with van der Waals surface area (Å²) >= 11 is 0. The van der Waals surface area contributed by atoms with Gasteiger partial charge >= 0.3 is 5.97 Å². The monoisotopic (exact) mass is 375 g/mol. The minimum absolute atomic E-state index is 0.109. The van der Waals surface area contributed by atoms with Crippen LogP contribution in [0.1, 0.15) is 26.3 Å². The molecule has 138 valence electrons. The second-order valence-corrected chi connectivity index (χ2v) is 9.09. The zero-order valence-corrected chi connectivity index (χ0v) is 15.7. The van der Waals surface area contributed by atoms with Crippen LogP contribution in [0.5, 0.6) is 5.75 Å². The molecule has 0 aliphatic carbocycles. The maximum atomic E-state index is 13.2. The molecule has 2 aromatic carbocycles. The molecule has 1 unspecified atom stereocenters. The molecule has 0 spiro atoms. The molecule has 6 nitrogen and oxygen atoms in total. The first kappa shape index (κ1) is 18.3. The van der Waals surface area contributed by atoms with Crippen LogP contribution < -0.4 is 9.04 Å². The van der Waals surface area contributed by atoms with E-state index in [4.69, 9.17) is 4.74 Å². The highest BCUT2D eigenvalue weighted by Crippen LogP contribution is 2.40. The average Bonchev–Trinajstić information content (AvgIpc) is 2.60. The van der Waals surface area contributed by atoms with E-state index in [1.807, 2.05) is 26.8 Å². The third kappa shape index (κ3) is 3.26. The van der Waals surface area contributed by atoms with Crippen molar-refractivity contribution in [1.82, 2.24) is 0 Å². The van der Waals surface area contributed by atoms with Gasteiger partial charge < -0.3 is 9.84 Å². The third-order valence-electron chi connectivity index (χ3n) is 4.30. The summed E-state index contributed by atoms with van der Waals surface area (Å²) in [5.74, 6) is -0.958. The number of rotatable bonds is 3. The number of hydrogen-bond acceptors (Lipinski definition) is 4. The first-order valence-electron chi connectivity index (χ1n) is 8.22. The van der Waals surface area contributed by atoms with Crippen molar-refractivity contribution in [2.75, 3.05) is 10.8 Å². The average molecular weight is 375 g/mol. The number of carbonyl (C=O) groups is 1. The zero-order valence-electron chi connectivity index (χ0n) is 14.8. The van der Waals surface area contributed by atoms with Crippen molar-refractivity contribution in [1.29, 1.82) is 0 Å². The van der Waals surface area contributed by atoms with Crippen molar-refractivity contribution in [3.63, 3.8) is 0 Å². The maximum absolute atomic E-state index is 13.2. The van der Waals surface area contributed by atoms with Gasteiger partial charge in [-0.3, -0.25) is 4.31 Å². The molecule has 0 saturated carbocycles. The molecule has 7 heteroatoms. The first-order chi connectivity index (χ1) is 12.1. The Kier molecular flexibility index (Phi) is 4.44. The molecule has 0 amide bonds. The molecule has 2 aromatic rings. The minimum atomic E-state index is -3.91. The lowest BCUT2D eigenvalue weighted by Gasteiger charge is -2.35. The zero-order chi connectivity index (χ0) is 19.1. The molecule has 0 radical (unpaired) electrons. The highest BCUT2D eigenvalue weighted by molar-refractivity contribution is 7.92. The minimum Gasteiger partial charge on any atom is -0.478 e. The van der Waals surface area contributed by atoms with Crippen molar-refractivity contribution >= 4 is 21.7 Å². The topological polar surface area (TPSA) is 83.9 Å². The van der Waals surface area contributed by atoms with Crippen LogP contribution in [-0.4, -0.2) is 32.1 Å². The number of carboxylic acid groups (broad SMARTS) is 1. The van der Waals surface area contributed by atoms with Crippen LogP contribution in [0.4, 0.5) is 5.69 Å². The molecule has 1 heterocycles. The number of hydrogen-bond donors (Lipinski definition) is 1. The lowest BCUT2D eigenvalue weighted by molar-refractivity contribution is -0.144. The molecule has 1 aliphatic rings. The highest BCUT2D eigenvalue weighted by atomic mass is 32.2. The number of anilines is 1. The molecule has 1 N–H and O–H groups in total. The third-order valence-corrected chi connectivity index (χ3v) is 6.10. The predicted molar refractivity (Wildman–Crippen MR) is 98.2 cm³/mol. The van der Waals surface area contributed by atoms with Crippen LogP contribution in [0.2, 0.25) is 0 Å². The van der Waals surface area contributed by atoms with Gasteiger partial charge in [-0.15, -0.1) is 0 Å². The lowest BCUT2D eigenvalue weighted by Crippen LogP contribution is -2.47. The van der Waals surface area contributed by atoms with Gasteiger partial charge in [-0.1, -0.05) is 45.0 Å². The summed E-state index contributed by atoms with van der Waals surface area (Å²) < 4.78 is 33.0. The van der Waals surface area contributed by atoms with Crippen molar-refractivity contribution in [2.24, 2.45) is 0 Å². The summed E-state index contributed by atoms with van der Waals surface area (Å²) in [5, 5.41) is 9.36. The van der Waals surface area contributed by atoms with E-state index < -0.39 is 22.1 Å². The summed E-state index contributed by atoms with van der Waals surface area (Å²) in [6.45, 7) is 5.78. The van der Waals surface area contributed by atoms with Gasteiger partial charge in [0, 0.05) is 0 Å². The van der Waals surface area contributed by atoms with Crippen LogP contribution in [0.15, 0.2) is 53.4 Å². The second-order valence-electron chi connectivity index (χ2n) is 7.23.